The van der Waals surface area contributed by atoms with Crippen LogP contribution in [0.3, 0.4) is 0 Å². The second-order valence-electron chi connectivity index (χ2n) is 3.71. The van der Waals surface area contributed by atoms with Gasteiger partial charge in [0.1, 0.15) is 0 Å². The number of H-pyrrole nitrogens is 1. The lowest BCUT2D eigenvalue weighted by Gasteiger charge is -2.05. The molecule has 0 radical (unpaired) electrons. The van der Waals surface area contributed by atoms with E-state index in [0.717, 1.165) is 12.2 Å². The smallest absolute Gasteiger partial charge is 0.0650 e. The monoisotopic (exact) mass is 167 g/mol. The number of nitrogens with zero attached hydrogens (tertiary/aromatic N) is 2. The van der Waals surface area contributed by atoms with Crippen LogP contribution in [0.4, 0.5) is 0 Å². The summed E-state index contributed by atoms with van der Waals surface area (Å²) < 4.78 is 0. The lowest BCUT2D eigenvalue weighted by atomic mass is 10.1. The van der Waals surface area contributed by atoms with Gasteiger partial charge < -0.3 is 4.90 Å². The van der Waals surface area contributed by atoms with Gasteiger partial charge in [-0.15, -0.1) is 0 Å². The van der Waals surface area contributed by atoms with Crippen LogP contribution in [0.2, 0.25) is 0 Å². The molecule has 68 valence electrons. The molecule has 1 aromatic heterocycles. The highest BCUT2D eigenvalue weighted by molar-refractivity contribution is 5.11. The van der Waals surface area contributed by atoms with Crippen molar-refractivity contribution in [2.75, 3.05) is 14.1 Å². The quantitative estimate of drug-likeness (QED) is 0.741. The van der Waals surface area contributed by atoms with Crippen LogP contribution in [0.25, 0.3) is 0 Å². The molecule has 0 aromatic carbocycles. The molecule has 1 N–H and O–H groups in total. The molecule has 0 aliphatic rings. The first-order valence-corrected chi connectivity index (χ1v) is 4.28. The molecular weight excluding hydrogens is 150 g/mol. The van der Waals surface area contributed by atoms with E-state index in [0.29, 0.717) is 5.92 Å². The van der Waals surface area contributed by atoms with Gasteiger partial charge >= 0.3 is 0 Å². The molecule has 12 heavy (non-hydrogen) atoms. The molecule has 0 spiro atoms. The Hall–Kier alpha value is -0.830. The zero-order valence-corrected chi connectivity index (χ0v) is 8.26. The van der Waals surface area contributed by atoms with E-state index in [-0.39, 0.29) is 0 Å². The molecule has 0 saturated carbocycles. The standard InChI is InChI=1S/C9H17N3/c1-7(2)9-5-8(10-11-9)6-12(3)4/h5,7H,6H2,1-4H3,(H,10,11). The molecule has 3 heteroatoms. The van der Waals surface area contributed by atoms with Crippen LogP contribution in [-0.2, 0) is 6.54 Å². The van der Waals surface area contributed by atoms with Gasteiger partial charge in [-0.05, 0) is 26.1 Å². The van der Waals surface area contributed by atoms with Crippen LogP contribution in [0.15, 0.2) is 6.07 Å². The van der Waals surface area contributed by atoms with Crippen LogP contribution < -0.4 is 0 Å². The van der Waals surface area contributed by atoms with Crippen molar-refractivity contribution in [3.8, 4) is 0 Å². The Kier molecular flexibility index (Phi) is 2.87. The van der Waals surface area contributed by atoms with Crippen LogP contribution >= 0.6 is 0 Å². The van der Waals surface area contributed by atoms with E-state index in [1.165, 1.54) is 5.69 Å². The molecule has 0 saturated heterocycles. The van der Waals surface area contributed by atoms with E-state index < -0.39 is 0 Å². The summed E-state index contributed by atoms with van der Waals surface area (Å²) in [6.07, 6.45) is 0. The third-order valence-corrected chi connectivity index (χ3v) is 1.73. The summed E-state index contributed by atoms with van der Waals surface area (Å²) >= 11 is 0. The molecule has 0 atom stereocenters. The van der Waals surface area contributed by atoms with E-state index in [1.54, 1.807) is 0 Å². The van der Waals surface area contributed by atoms with Crippen molar-refractivity contribution in [3.63, 3.8) is 0 Å². The summed E-state index contributed by atoms with van der Waals surface area (Å²) in [5.74, 6) is 0.511. The highest BCUT2D eigenvalue weighted by atomic mass is 15.2. The molecule has 0 aliphatic carbocycles. The molecule has 1 heterocycles. The SMILES string of the molecule is CC(C)c1cc(CN(C)C)[nH]n1. The van der Waals surface area contributed by atoms with Gasteiger partial charge in [-0.1, -0.05) is 13.8 Å². The molecule has 0 amide bonds. The molecule has 3 nitrogen and oxygen atoms in total. The third kappa shape index (κ3) is 2.34. The Bertz CT molecular complexity index is 238. The Balaban J connectivity index is 2.64. The fraction of sp³-hybridized carbons (Fsp3) is 0.667. The summed E-state index contributed by atoms with van der Waals surface area (Å²) in [6.45, 7) is 5.23. The molecular formula is C9H17N3. The van der Waals surface area contributed by atoms with Crippen molar-refractivity contribution in [1.29, 1.82) is 0 Å². The second kappa shape index (κ2) is 3.72. The van der Waals surface area contributed by atoms with Crippen molar-refractivity contribution < 1.29 is 0 Å². The Morgan fingerprint density at radius 1 is 1.50 bits per heavy atom. The lowest BCUT2D eigenvalue weighted by Crippen LogP contribution is -2.10. The first kappa shape index (κ1) is 9.26. The first-order valence-electron chi connectivity index (χ1n) is 4.28. The van der Waals surface area contributed by atoms with Gasteiger partial charge in [0.15, 0.2) is 0 Å². The van der Waals surface area contributed by atoms with Gasteiger partial charge in [0.05, 0.1) is 5.69 Å². The maximum Gasteiger partial charge on any atom is 0.0650 e. The van der Waals surface area contributed by atoms with E-state index in [2.05, 4.69) is 49.1 Å². The summed E-state index contributed by atoms with van der Waals surface area (Å²) in [7, 11) is 4.10. The number of hydrogen-bond donors (Lipinski definition) is 1. The minimum absolute atomic E-state index is 0.511. The maximum atomic E-state index is 4.22. The Morgan fingerprint density at radius 3 is 2.58 bits per heavy atom. The van der Waals surface area contributed by atoms with Gasteiger partial charge in [0.25, 0.3) is 0 Å². The van der Waals surface area contributed by atoms with Crippen LogP contribution in [0, 0.1) is 0 Å². The van der Waals surface area contributed by atoms with Crippen molar-refractivity contribution >= 4 is 0 Å². The Labute approximate surface area is 73.8 Å². The van der Waals surface area contributed by atoms with Crippen LogP contribution in [0.1, 0.15) is 31.2 Å². The number of aromatic amines is 1. The van der Waals surface area contributed by atoms with Crippen molar-refractivity contribution in [3.05, 3.63) is 17.5 Å². The normalized spacial score (nSPS) is 11.5. The van der Waals surface area contributed by atoms with E-state index >= 15 is 0 Å². The number of aromatic nitrogens is 2. The minimum Gasteiger partial charge on any atom is -0.304 e. The predicted octanol–water partition coefficient (Wildman–Crippen LogP) is 1.59. The first-order chi connectivity index (χ1) is 5.59. The third-order valence-electron chi connectivity index (χ3n) is 1.73. The van der Waals surface area contributed by atoms with Gasteiger partial charge in [-0.25, -0.2) is 0 Å². The largest absolute Gasteiger partial charge is 0.304 e. The average molecular weight is 167 g/mol. The fourth-order valence-corrected chi connectivity index (χ4v) is 1.10. The molecule has 0 unspecified atom stereocenters. The van der Waals surface area contributed by atoms with Crippen molar-refractivity contribution in [2.24, 2.45) is 0 Å². The van der Waals surface area contributed by atoms with E-state index in [1.807, 2.05) is 0 Å². The topological polar surface area (TPSA) is 31.9 Å². The minimum atomic E-state index is 0.511. The highest BCUT2D eigenvalue weighted by Gasteiger charge is 2.04. The zero-order valence-electron chi connectivity index (χ0n) is 8.26. The molecule has 1 rings (SSSR count). The number of rotatable bonds is 3. The van der Waals surface area contributed by atoms with Gasteiger partial charge in [0, 0.05) is 12.2 Å². The van der Waals surface area contributed by atoms with Gasteiger partial charge in [-0.3, -0.25) is 5.10 Å². The van der Waals surface area contributed by atoms with Gasteiger partial charge in [0.2, 0.25) is 0 Å². The summed E-state index contributed by atoms with van der Waals surface area (Å²) in [5, 5.41) is 7.24. The summed E-state index contributed by atoms with van der Waals surface area (Å²) in [5.41, 5.74) is 2.33. The second-order valence-corrected chi connectivity index (χ2v) is 3.71. The van der Waals surface area contributed by atoms with Crippen molar-refractivity contribution in [1.82, 2.24) is 15.1 Å². The summed E-state index contributed by atoms with van der Waals surface area (Å²) in [4.78, 5) is 2.12. The average Bonchev–Trinajstić information content (AvgIpc) is 2.34. The Morgan fingerprint density at radius 2 is 2.17 bits per heavy atom. The molecule has 0 aliphatic heterocycles. The summed E-state index contributed by atoms with van der Waals surface area (Å²) in [6, 6.07) is 2.13. The molecule has 1 aromatic rings. The number of hydrogen-bond acceptors (Lipinski definition) is 2. The number of nitrogens with one attached hydrogen (secondary N) is 1. The maximum absolute atomic E-state index is 4.22. The van der Waals surface area contributed by atoms with Crippen LogP contribution in [0.5, 0.6) is 0 Å². The fourth-order valence-electron chi connectivity index (χ4n) is 1.10. The van der Waals surface area contributed by atoms with E-state index in [4.69, 9.17) is 0 Å². The lowest BCUT2D eigenvalue weighted by molar-refractivity contribution is 0.396. The predicted molar refractivity (Wildman–Crippen MR) is 50.1 cm³/mol. The van der Waals surface area contributed by atoms with Crippen LogP contribution in [-0.4, -0.2) is 29.2 Å². The highest BCUT2D eigenvalue weighted by Crippen LogP contribution is 2.12. The van der Waals surface area contributed by atoms with E-state index in [9.17, 15) is 0 Å². The zero-order chi connectivity index (χ0) is 9.14. The molecule has 0 bridgehead atoms. The molecule has 0 fully saturated rings. The van der Waals surface area contributed by atoms with Crippen molar-refractivity contribution in [2.45, 2.75) is 26.3 Å². The van der Waals surface area contributed by atoms with Gasteiger partial charge in [-0.2, -0.15) is 5.10 Å².